The Morgan fingerprint density at radius 1 is 1.58 bits per heavy atom. The first-order valence-corrected chi connectivity index (χ1v) is 6.02. The van der Waals surface area contributed by atoms with Crippen molar-refractivity contribution in [3.05, 3.63) is 23.8 Å². The summed E-state index contributed by atoms with van der Waals surface area (Å²) in [5, 5.41) is 2.51. The van der Waals surface area contributed by atoms with Gasteiger partial charge in [0.2, 0.25) is 5.91 Å². The summed E-state index contributed by atoms with van der Waals surface area (Å²) < 4.78 is 5.33. The van der Waals surface area contributed by atoms with E-state index in [0.29, 0.717) is 17.9 Å². The van der Waals surface area contributed by atoms with Crippen molar-refractivity contribution in [1.82, 2.24) is 5.32 Å². The lowest BCUT2D eigenvalue weighted by Gasteiger charge is -2.26. The Morgan fingerprint density at radius 3 is 3.00 bits per heavy atom. The van der Waals surface area contributed by atoms with E-state index in [4.69, 9.17) is 10.5 Å². The average Bonchev–Trinajstić information content (AvgIpc) is 2.42. The van der Waals surface area contributed by atoms with E-state index in [-0.39, 0.29) is 18.4 Å². The van der Waals surface area contributed by atoms with E-state index in [1.165, 1.54) is 0 Å². The SMILES string of the molecule is CNC(=O)C(N)Cc1ccc2c(c1)N(C)C(=O)CO2. The van der Waals surface area contributed by atoms with E-state index < -0.39 is 6.04 Å². The highest BCUT2D eigenvalue weighted by atomic mass is 16.5. The smallest absolute Gasteiger partial charge is 0.264 e. The first-order chi connectivity index (χ1) is 9.02. The van der Waals surface area contributed by atoms with Gasteiger partial charge in [-0.2, -0.15) is 0 Å². The van der Waals surface area contributed by atoms with Gasteiger partial charge < -0.3 is 20.7 Å². The van der Waals surface area contributed by atoms with Crippen molar-refractivity contribution in [1.29, 1.82) is 0 Å². The monoisotopic (exact) mass is 263 g/mol. The standard InChI is InChI=1S/C13H17N3O3/c1-15-13(18)9(14)5-8-3-4-11-10(6-8)16(2)12(17)7-19-11/h3-4,6,9H,5,7,14H2,1-2H3,(H,15,18). The summed E-state index contributed by atoms with van der Waals surface area (Å²) in [5.41, 5.74) is 7.37. The van der Waals surface area contributed by atoms with E-state index in [1.54, 1.807) is 25.1 Å². The molecule has 0 aromatic heterocycles. The van der Waals surface area contributed by atoms with Crippen molar-refractivity contribution in [2.45, 2.75) is 12.5 Å². The van der Waals surface area contributed by atoms with Gasteiger partial charge in [-0.1, -0.05) is 6.07 Å². The van der Waals surface area contributed by atoms with Gasteiger partial charge >= 0.3 is 0 Å². The maximum atomic E-state index is 11.6. The predicted molar refractivity (Wildman–Crippen MR) is 71.1 cm³/mol. The highest BCUT2D eigenvalue weighted by molar-refractivity contribution is 5.97. The Bertz CT molecular complexity index is 516. The third-order valence-corrected chi connectivity index (χ3v) is 3.15. The molecule has 102 valence electrons. The van der Waals surface area contributed by atoms with Crippen molar-refractivity contribution in [3.8, 4) is 5.75 Å². The van der Waals surface area contributed by atoms with Gasteiger partial charge in [0, 0.05) is 14.1 Å². The van der Waals surface area contributed by atoms with E-state index in [2.05, 4.69) is 5.32 Å². The second kappa shape index (κ2) is 5.27. The van der Waals surface area contributed by atoms with Crippen LogP contribution in [0.25, 0.3) is 0 Å². The molecule has 0 aliphatic carbocycles. The number of hydrogen-bond donors (Lipinski definition) is 2. The first-order valence-electron chi connectivity index (χ1n) is 6.02. The molecular formula is C13H17N3O3. The number of nitrogens with one attached hydrogen (secondary N) is 1. The van der Waals surface area contributed by atoms with E-state index in [9.17, 15) is 9.59 Å². The minimum absolute atomic E-state index is 0.0562. The number of carbonyl (C=O) groups excluding carboxylic acids is 2. The van der Waals surface area contributed by atoms with Crippen LogP contribution in [0.3, 0.4) is 0 Å². The van der Waals surface area contributed by atoms with Crippen LogP contribution < -0.4 is 20.7 Å². The average molecular weight is 263 g/mol. The molecule has 0 radical (unpaired) electrons. The lowest BCUT2D eigenvalue weighted by Crippen LogP contribution is -2.40. The fraction of sp³-hybridized carbons (Fsp3) is 0.385. The van der Waals surface area contributed by atoms with Crippen LogP contribution in [0.2, 0.25) is 0 Å². The topological polar surface area (TPSA) is 84.7 Å². The van der Waals surface area contributed by atoms with Crippen LogP contribution in [0.4, 0.5) is 5.69 Å². The molecule has 1 aliphatic rings. The number of benzene rings is 1. The van der Waals surface area contributed by atoms with Gasteiger partial charge in [-0.3, -0.25) is 9.59 Å². The molecule has 0 fully saturated rings. The Morgan fingerprint density at radius 2 is 2.32 bits per heavy atom. The molecule has 0 bridgehead atoms. The van der Waals surface area contributed by atoms with Gasteiger partial charge in [-0.25, -0.2) is 0 Å². The Kier molecular flexibility index (Phi) is 3.71. The number of carbonyl (C=O) groups is 2. The van der Waals surface area contributed by atoms with Gasteiger partial charge in [-0.05, 0) is 24.1 Å². The molecule has 2 rings (SSSR count). The molecule has 0 saturated carbocycles. The van der Waals surface area contributed by atoms with E-state index >= 15 is 0 Å². The summed E-state index contributed by atoms with van der Waals surface area (Å²) in [4.78, 5) is 24.5. The molecule has 1 aliphatic heterocycles. The van der Waals surface area contributed by atoms with Crippen molar-refractivity contribution in [2.75, 3.05) is 25.6 Å². The van der Waals surface area contributed by atoms with Crippen LogP contribution in [-0.4, -0.2) is 38.6 Å². The number of anilines is 1. The minimum Gasteiger partial charge on any atom is -0.482 e. The highest BCUT2D eigenvalue weighted by Crippen LogP contribution is 2.32. The second-order valence-electron chi connectivity index (χ2n) is 4.47. The van der Waals surface area contributed by atoms with Crippen LogP contribution in [0.1, 0.15) is 5.56 Å². The maximum absolute atomic E-state index is 11.6. The number of amides is 2. The third-order valence-electron chi connectivity index (χ3n) is 3.15. The fourth-order valence-corrected chi connectivity index (χ4v) is 1.98. The zero-order valence-corrected chi connectivity index (χ0v) is 11.0. The zero-order valence-electron chi connectivity index (χ0n) is 11.0. The van der Waals surface area contributed by atoms with Gasteiger partial charge in [0.1, 0.15) is 5.75 Å². The number of ether oxygens (including phenoxy) is 1. The van der Waals surface area contributed by atoms with Gasteiger partial charge in [0.15, 0.2) is 6.61 Å². The Labute approximate surface area is 111 Å². The molecule has 1 aromatic carbocycles. The lowest BCUT2D eigenvalue weighted by molar-refractivity contribution is -0.122. The van der Waals surface area contributed by atoms with Gasteiger partial charge in [0.25, 0.3) is 5.91 Å². The van der Waals surface area contributed by atoms with Crippen molar-refractivity contribution in [2.24, 2.45) is 5.73 Å². The fourth-order valence-electron chi connectivity index (χ4n) is 1.98. The number of fused-ring (bicyclic) bond motifs is 1. The molecule has 0 spiro atoms. The van der Waals surface area contributed by atoms with Crippen molar-refractivity contribution in [3.63, 3.8) is 0 Å². The van der Waals surface area contributed by atoms with Gasteiger partial charge in [-0.15, -0.1) is 0 Å². The normalized spacial score (nSPS) is 15.5. The molecule has 1 atom stereocenters. The molecule has 6 nitrogen and oxygen atoms in total. The van der Waals surface area contributed by atoms with Crippen molar-refractivity contribution < 1.29 is 14.3 Å². The van der Waals surface area contributed by atoms with E-state index in [0.717, 1.165) is 5.56 Å². The van der Waals surface area contributed by atoms with Crippen LogP contribution in [-0.2, 0) is 16.0 Å². The summed E-state index contributed by atoms with van der Waals surface area (Å²) in [5.74, 6) is 0.359. The number of rotatable bonds is 3. The van der Waals surface area contributed by atoms with Crippen LogP contribution in [0, 0.1) is 0 Å². The van der Waals surface area contributed by atoms with Crippen LogP contribution in [0.5, 0.6) is 5.75 Å². The maximum Gasteiger partial charge on any atom is 0.264 e. The molecule has 19 heavy (non-hydrogen) atoms. The van der Waals surface area contributed by atoms with E-state index in [1.807, 2.05) is 12.1 Å². The van der Waals surface area contributed by atoms with Gasteiger partial charge in [0.05, 0.1) is 11.7 Å². The summed E-state index contributed by atoms with van der Waals surface area (Å²) in [6.45, 7) is 0.0562. The lowest BCUT2D eigenvalue weighted by atomic mass is 10.0. The molecule has 3 N–H and O–H groups in total. The summed E-state index contributed by atoms with van der Waals surface area (Å²) >= 11 is 0. The second-order valence-corrected chi connectivity index (χ2v) is 4.47. The number of nitrogens with two attached hydrogens (primary N) is 1. The first kappa shape index (κ1) is 13.4. The summed E-state index contributed by atoms with van der Waals surface area (Å²) in [6.07, 6.45) is 0.412. The Hall–Kier alpha value is -2.08. The quantitative estimate of drug-likeness (QED) is 0.781. The zero-order chi connectivity index (χ0) is 14.0. The number of hydrogen-bond acceptors (Lipinski definition) is 4. The molecule has 1 unspecified atom stereocenters. The van der Waals surface area contributed by atoms with Crippen LogP contribution in [0.15, 0.2) is 18.2 Å². The molecule has 6 heteroatoms. The predicted octanol–water partition coefficient (Wildman–Crippen LogP) is -0.342. The third kappa shape index (κ3) is 2.68. The summed E-state index contributed by atoms with van der Waals surface area (Å²) in [6, 6.07) is 4.87. The molecule has 2 amide bonds. The number of nitrogens with zero attached hydrogens (tertiary/aromatic N) is 1. The molecular weight excluding hydrogens is 246 g/mol. The molecule has 1 heterocycles. The largest absolute Gasteiger partial charge is 0.482 e. The van der Waals surface area contributed by atoms with Crippen molar-refractivity contribution >= 4 is 17.5 Å². The number of likely N-dealkylation sites (N-methyl/N-ethyl adjacent to an activating group) is 2. The molecule has 1 aromatic rings. The highest BCUT2D eigenvalue weighted by Gasteiger charge is 2.23. The molecule has 0 saturated heterocycles. The minimum atomic E-state index is -0.603. The van der Waals surface area contributed by atoms with Crippen LogP contribution >= 0.6 is 0 Å². The summed E-state index contributed by atoms with van der Waals surface area (Å²) in [7, 11) is 3.25. The Balaban J connectivity index is 2.21.